The Kier molecular flexibility index (Phi) is 5.06. The Labute approximate surface area is 172 Å². The van der Waals surface area contributed by atoms with Gasteiger partial charge in [0, 0.05) is 36.1 Å². The molecule has 0 bridgehead atoms. The molecule has 5 rings (SSSR count). The minimum atomic E-state index is -0.477. The van der Waals surface area contributed by atoms with Crippen molar-refractivity contribution in [3.05, 3.63) is 58.5 Å². The molecule has 4 heterocycles. The summed E-state index contributed by atoms with van der Waals surface area (Å²) in [4.78, 5) is 21.2. The molecule has 3 aromatic rings. The third kappa shape index (κ3) is 3.38. The van der Waals surface area contributed by atoms with Crippen molar-refractivity contribution in [2.24, 2.45) is 0 Å². The maximum atomic E-state index is 13.8. The normalized spacial score (nSPS) is 17.7. The molecule has 1 aromatic carbocycles. The van der Waals surface area contributed by atoms with E-state index in [-0.39, 0.29) is 30.6 Å². The number of nitrogens with one attached hydrogen (secondary N) is 2. The van der Waals surface area contributed by atoms with Gasteiger partial charge in [-0.3, -0.25) is 9.78 Å². The van der Waals surface area contributed by atoms with Crippen LogP contribution in [0.15, 0.2) is 28.9 Å². The van der Waals surface area contributed by atoms with E-state index in [4.69, 9.17) is 4.52 Å². The molecule has 150 valence electrons. The standard InChI is InChI=1S/C20H18FN5O2.ClH/c1-10-18(13-4-5-22-8-11(13)9-23-10)19-25-20(28-26-19)15-7-17(27)24-16-3-2-12(21)6-14(15)16;/h2-3,6,9,15,22H,4-5,7-8H2,1H3,(H,24,27);1H. The second-order valence-electron chi connectivity index (χ2n) is 7.14. The summed E-state index contributed by atoms with van der Waals surface area (Å²) in [7, 11) is 0. The molecule has 0 saturated carbocycles. The molecule has 2 aromatic heterocycles. The molecule has 29 heavy (non-hydrogen) atoms. The van der Waals surface area contributed by atoms with E-state index in [0.29, 0.717) is 23.0 Å². The highest BCUT2D eigenvalue weighted by atomic mass is 35.5. The first-order valence-corrected chi connectivity index (χ1v) is 9.21. The van der Waals surface area contributed by atoms with Crippen LogP contribution in [0.5, 0.6) is 0 Å². The Bertz CT molecular complexity index is 1100. The number of fused-ring (bicyclic) bond motifs is 2. The number of hydrogen-bond donors (Lipinski definition) is 2. The molecular formula is C20H19ClFN5O2. The topological polar surface area (TPSA) is 92.9 Å². The minimum absolute atomic E-state index is 0. The maximum Gasteiger partial charge on any atom is 0.235 e. The molecule has 9 heteroatoms. The average Bonchev–Trinajstić information content (AvgIpc) is 3.17. The highest BCUT2D eigenvalue weighted by molar-refractivity contribution is 5.95. The number of carbonyl (C=O) groups is 1. The fourth-order valence-electron chi connectivity index (χ4n) is 4.00. The average molecular weight is 416 g/mol. The van der Waals surface area contributed by atoms with Crippen LogP contribution in [0.2, 0.25) is 0 Å². The molecule has 1 amide bonds. The number of rotatable bonds is 2. The van der Waals surface area contributed by atoms with E-state index >= 15 is 0 Å². The van der Waals surface area contributed by atoms with E-state index in [0.717, 1.165) is 36.3 Å². The predicted molar refractivity (Wildman–Crippen MR) is 106 cm³/mol. The summed E-state index contributed by atoms with van der Waals surface area (Å²) in [6, 6.07) is 4.28. The van der Waals surface area contributed by atoms with Gasteiger partial charge in [-0.2, -0.15) is 4.98 Å². The number of benzene rings is 1. The number of aromatic nitrogens is 3. The minimum Gasteiger partial charge on any atom is -0.338 e. The zero-order valence-corrected chi connectivity index (χ0v) is 16.5. The molecule has 2 N–H and O–H groups in total. The Morgan fingerprint density at radius 2 is 2.17 bits per heavy atom. The number of halogens is 2. The van der Waals surface area contributed by atoms with Gasteiger partial charge in [0.25, 0.3) is 0 Å². The summed E-state index contributed by atoms with van der Waals surface area (Å²) in [6.45, 7) is 3.56. The summed E-state index contributed by atoms with van der Waals surface area (Å²) >= 11 is 0. The van der Waals surface area contributed by atoms with Crippen molar-refractivity contribution >= 4 is 24.0 Å². The second-order valence-corrected chi connectivity index (χ2v) is 7.14. The Morgan fingerprint density at radius 1 is 1.31 bits per heavy atom. The van der Waals surface area contributed by atoms with Gasteiger partial charge in [0.1, 0.15) is 5.82 Å². The van der Waals surface area contributed by atoms with Crippen LogP contribution < -0.4 is 10.6 Å². The lowest BCUT2D eigenvalue weighted by atomic mass is 9.90. The number of nitrogens with zero attached hydrogens (tertiary/aromatic N) is 3. The fraction of sp³-hybridized carbons (Fsp3) is 0.300. The zero-order chi connectivity index (χ0) is 19.3. The third-order valence-electron chi connectivity index (χ3n) is 5.35. The number of aryl methyl sites for hydroxylation is 1. The summed E-state index contributed by atoms with van der Waals surface area (Å²) in [6.07, 6.45) is 2.87. The van der Waals surface area contributed by atoms with Crippen LogP contribution in [0.4, 0.5) is 10.1 Å². The number of carbonyl (C=O) groups excluding carboxylic acids is 1. The van der Waals surface area contributed by atoms with Crippen molar-refractivity contribution in [1.82, 2.24) is 20.4 Å². The van der Waals surface area contributed by atoms with Gasteiger partial charge in [-0.05, 0) is 54.8 Å². The van der Waals surface area contributed by atoms with E-state index in [1.807, 2.05) is 13.1 Å². The highest BCUT2D eigenvalue weighted by Crippen LogP contribution is 2.38. The number of anilines is 1. The van der Waals surface area contributed by atoms with Crippen molar-refractivity contribution in [3.8, 4) is 11.4 Å². The van der Waals surface area contributed by atoms with Gasteiger partial charge >= 0.3 is 0 Å². The Balaban J connectivity index is 0.00000205. The molecule has 1 atom stereocenters. The van der Waals surface area contributed by atoms with Gasteiger partial charge < -0.3 is 15.2 Å². The molecule has 1 unspecified atom stereocenters. The first-order chi connectivity index (χ1) is 13.6. The van der Waals surface area contributed by atoms with Crippen LogP contribution in [-0.4, -0.2) is 27.6 Å². The fourth-order valence-corrected chi connectivity index (χ4v) is 4.00. The predicted octanol–water partition coefficient (Wildman–Crippen LogP) is 3.12. The molecule has 0 radical (unpaired) electrons. The maximum absolute atomic E-state index is 13.8. The van der Waals surface area contributed by atoms with E-state index < -0.39 is 5.92 Å². The largest absolute Gasteiger partial charge is 0.338 e. The lowest BCUT2D eigenvalue weighted by Gasteiger charge is -2.23. The van der Waals surface area contributed by atoms with Crippen molar-refractivity contribution in [2.45, 2.75) is 32.2 Å². The third-order valence-corrected chi connectivity index (χ3v) is 5.35. The highest BCUT2D eigenvalue weighted by Gasteiger charge is 2.32. The molecule has 2 aliphatic heterocycles. The van der Waals surface area contributed by atoms with Crippen LogP contribution in [0.25, 0.3) is 11.4 Å². The van der Waals surface area contributed by atoms with Crippen LogP contribution in [0.3, 0.4) is 0 Å². The molecule has 2 aliphatic rings. The summed E-state index contributed by atoms with van der Waals surface area (Å²) < 4.78 is 19.3. The second kappa shape index (κ2) is 7.53. The van der Waals surface area contributed by atoms with Crippen molar-refractivity contribution in [3.63, 3.8) is 0 Å². The first kappa shape index (κ1) is 19.5. The smallest absolute Gasteiger partial charge is 0.235 e. The van der Waals surface area contributed by atoms with Gasteiger partial charge in [0.05, 0.1) is 5.92 Å². The van der Waals surface area contributed by atoms with Gasteiger partial charge in [-0.25, -0.2) is 4.39 Å². The van der Waals surface area contributed by atoms with Gasteiger partial charge in [0.15, 0.2) is 0 Å². The zero-order valence-electron chi connectivity index (χ0n) is 15.7. The van der Waals surface area contributed by atoms with E-state index in [1.165, 1.54) is 17.7 Å². The van der Waals surface area contributed by atoms with Crippen molar-refractivity contribution in [1.29, 1.82) is 0 Å². The number of pyridine rings is 1. The van der Waals surface area contributed by atoms with E-state index in [9.17, 15) is 9.18 Å². The van der Waals surface area contributed by atoms with Gasteiger partial charge in [-0.1, -0.05) is 5.16 Å². The summed E-state index contributed by atoms with van der Waals surface area (Å²) in [5, 5.41) is 10.3. The van der Waals surface area contributed by atoms with E-state index in [2.05, 4.69) is 25.8 Å². The molecule has 0 fully saturated rings. The molecule has 0 aliphatic carbocycles. The SMILES string of the molecule is Cc1ncc2c(c1-c1noc(C3CC(=O)Nc4ccc(F)cc43)n1)CCNC2.Cl. The van der Waals surface area contributed by atoms with Crippen LogP contribution >= 0.6 is 12.4 Å². The van der Waals surface area contributed by atoms with Crippen LogP contribution in [0, 0.1) is 12.7 Å². The lowest BCUT2D eigenvalue weighted by Crippen LogP contribution is -2.25. The van der Waals surface area contributed by atoms with Crippen molar-refractivity contribution < 1.29 is 13.7 Å². The Hall–Kier alpha value is -2.84. The quantitative estimate of drug-likeness (QED) is 0.668. The van der Waals surface area contributed by atoms with Gasteiger partial charge in [0.2, 0.25) is 17.6 Å². The summed E-state index contributed by atoms with van der Waals surface area (Å²) in [5.41, 5.74) is 5.23. The first-order valence-electron chi connectivity index (χ1n) is 9.21. The molecule has 0 spiro atoms. The van der Waals surface area contributed by atoms with Crippen LogP contribution in [-0.2, 0) is 17.8 Å². The summed E-state index contributed by atoms with van der Waals surface area (Å²) in [5.74, 6) is -0.241. The lowest BCUT2D eigenvalue weighted by molar-refractivity contribution is -0.116. The monoisotopic (exact) mass is 415 g/mol. The molecule has 0 saturated heterocycles. The van der Waals surface area contributed by atoms with Crippen molar-refractivity contribution in [2.75, 3.05) is 11.9 Å². The Morgan fingerprint density at radius 3 is 3.03 bits per heavy atom. The molecular weight excluding hydrogens is 397 g/mol. The van der Waals surface area contributed by atoms with E-state index in [1.54, 1.807) is 6.07 Å². The van der Waals surface area contributed by atoms with Gasteiger partial charge in [-0.15, -0.1) is 12.4 Å². The van der Waals surface area contributed by atoms with Crippen LogP contribution in [0.1, 0.15) is 40.6 Å². The number of amides is 1. The number of hydrogen-bond acceptors (Lipinski definition) is 6. The molecule has 7 nitrogen and oxygen atoms in total.